The molecule has 1 amide bonds. The number of aryl methyl sites for hydroxylation is 1. The molecule has 0 aliphatic rings. The van der Waals surface area contributed by atoms with Crippen molar-refractivity contribution in [2.45, 2.75) is 44.8 Å². The summed E-state index contributed by atoms with van der Waals surface area (Å²) in [4.78, 5) is 11.9. The van der Waals surface area contributed by atoms with E-state index < -0.39 is 0 Å². The van der Waals surface area contributed by atoms with Gasteiger partial charge in [-0.15, -0.1) is 0 Å². The van der Waals surface area contributed by atoms with Crippen molar-refractivity contribution in [2.75, 3.05) is 12.3 Å². The van der Waals surface area contributed by atoms with Crippen LogP contribution in [-0.2, 0) is 17.0 Å². The summed E-state index contributed by atoms with van der Waals surface area (Å²) in [6.07, 6.45) is 2.60. The molecule has 0 saturated heterocycles. The van der Waals surface area contributed by atoms with Gasteiger partial charge in [-0.2, -0.15) is 11.8 Å². The van der Waals surface area contributed by atoms with Crippen molar-refractivity contribution in [1.82, 2.24) is 5.32 Å². The zero-order valence-corrected chi connectivity index (χ0v) is 16.1. The molecular formula is C22H29NOS. The number of hydrogen-bond acceptors (Lipinski definition) is 2. The lowest BCUT2D eigenvalue weighted by atomic mass is 10.0. The molecule has 0 aromatic heterocycles. The molecule has 2 aromatic carbocycles. The van der Waals surface area contributed by atoms with Gasteiger partial charge >= 0.3 is 0 Å². The fraction of sp³-hybridized carbons (Fsp3) is 0.409. The summed E-state index contributed by atoms with van der Waals surface area (Å²) in [6.45, 7) is 5.18. The molecule has 0 fully saturated rings. The van der Waals surface area contributed by atoms with Crippen LogP contribution in [0, 0.1) is 0 Å². The summed E-state index contributed by atoms with van der Waals surface area (Å²) in [5, 5.41) is 3.03. The molecule has 2 aromatic rings. The lowest BCUT2D eigenvalue weighted by molar-refractivity contribution is -0.120. The molecule has 2 nitrogen and oxygen atoms in total. The Kier molecular flexibility index (Phi) is 8.61. The molecular weight excluding hydrogens is 326 g/mol. The molecule has 25 heavy (non-hydrogen) atoms. The third-order valence-corrected chi connectivity index (χ3v) is 5.23. The predicted molar refractivity (Wildman–Crippen MR) is 109 cm³/mol. The Morgan fingerprint density at radius 3 is 2.40 bits per heavy atom. The van der Waals surface area contributed by atoms with Gasteiger partial charge in [0.15, 0.2) is 0 Å². The van der Waals surface area contributed by atoms with Crippen molar-refractivity contribution >= 4 is 17.7 Å². The Hall–Kier alpha value is -1.74. The van der Waals surface area contributed by atoms with Crippen molar-refractivity contribution < 1.29 is 4.79 Å². The molecule has 0 radical (unpaired) electrons. The van der Waals surface area contributed by atoms with E-state index in [0.717, 1.165) is 30.9 Å². The fourth-order valence-electron chi connectivity index (χ4n) is 2.61. The summed E-state index contributed by atoms with van der Waals surface area (Å²) in [5.41, 5.74) is 4.04. The van der Waals surface area contributed by atoms with Crippen LogP contribution in [0.3, 0.4) is 0 Å². The maximum absolute atomic E-state index is 11.9. The number of hydrogen-bond donors (Lipinski definition) is 1. The molecule has 134 valence electrons. The first-order valence-corrected chi connectivity index (χ1v) is 10.3. The van der Waals surface area contributed by atoms with E-state index in [0.29, 0.717) is 12.3 Å². The monoisotopic (exact) mass is 355 g/mol. The lowest BCUT2D eigenvalue weighted by Crippen LogP contribution is -2.25. The topological polar surface area (TPSA) is 29.1 Å². The van der Waals surface area contributed by atoms with E-state index in [1.165, 1.54) is 16.7 Å². The molecule has 0 spiro atoms. The molecule has 1 N–H and O–H groups in total. The standard InChI is InChI=1S/C22H29NOS/c1-18(2)21-12-10-19(11-13-21)9-6-15-23-22(24)14-16-25-17-20-7-4-3-5-8-20/h3-5,7-8,10-13,18H,6,9,14-17H2,1-2H3,(H,23,24). The smallest absolute Gasteiger partial charge is 0.220 e. The minimum absolute atomic E-state index is 0.163. The molecule has 0 atom stereocenters. The minimum atomic E-state index is 0.163. The van der Waals surface area contributed by atoms with Gasteiger partial charge in [0.1, 0.15) is 0 Å². The summed E-state index contributed by atoms with van der Waals surface area (Å²) in [7, 11) is 0. The molecule has 0 saturated carbocycles. The van der Waals surface area contributed by atoms with Gasteiger partial charge in [-0.25, -0.2) is 0 Å². The number of thioether (sulfide) groups is 1. The van der Waals surface area contributed by atoms with Crippen LogP contribution >= 0.6 is 11.8 Å². The third-order valence-electron chi connectivity index (χ3n) is 4.20. The minimum Gasteiger partial charge on any atom is -0.356 e. The van der Waals surface area contributed by atoms with Gasteiger partial charge in [0.05, 0.1) is 0 Å². The Morgan fingerprint density at radius 2 is 1.72 bits per heavy atom. The van der Waals surface area contributed by atoms with E-state index in [-0.39, 0.29) is 5.91 Å². The number of rotatable bonds is 10. The SMILES string of the molecule is CC(C)c1ccc(CCCNC(=O)CCSCc2ccccc2)cc1. The second-order valence-corrected chi connectivity index (χ2v) is 7.74. The Morgan fingerprint density at radius 1 is 1.00 bits per heavy atom. The van der Waals surface area contributed by atoms with Crippen LogP contribution in [0.5, 0.6) is 0 Å². The zero-order chi connectivity index (χ0) is 17.9. The highest BCUT2D eigenvalue weighted by atomic mass is 32.2. The molecule has 3 heteroatoms. The number of carbonyl (C=O) groups is 1. The maximum Gasteiger partial charge on any atom is 0.220 e. The molecule has 0 aliphatic heterocycles. The number of nitrogens with one attached hydrogen (secondary N) is 1. The summed E-state index contributed by atoms with van der Waals surface area (Å²) in [5.74, 6) is 2.58. The number of carbonyl (C=O) groups excluding carboxylic acids is 1. The van der Waals surface area contributed by atoms with Crippen molar-refractivity contribution in [3.63, 3.8) is 0 Å². The number of amides is 1. The zero-order valence-electron chi connectivity index (χ0n) is 15.3. The van der Waals surface area contributed by atoms with Gasteiger partial charge in [0.25, 0.3) is 0 Å². The highest BCUT2D eigenvalue weighted by Gasteiger charge is 2.02. The quantitative estimate of drug-likeness (QED) is 0.595. The van der Waals surface area contributed by atoms with Gasteiger partial charge in [0, 0.05) is 24.5 Å². The van der Waals surface area contributed by atoms with Crippen molar-refractivity contribution in [1.29, 1.82) is 0 Å². The van der Waals surface area contributed by atoms with Crippen LogP contribution in [0.4, 0.5) is 0 Å². The van der Waals surface area contributed by atoms with Gasteiger partial charge in [-0.3, -0.25) is 4.79 Å². The average molecular weight is 356 g/mol. The third kappa shape index (κ3) is 7.78. The van der Waals surface area contributed by atoms with Crippen LogP contribution in [0.15, 0.2) is 54.6 Å². The van der Waals surface area contributed by atoms with Crippen LogP contribution in [0.25, 0.3) is 0 Å². The highest BCUT2D eigenvalue weighted by molar-refractivity contribution is 7.98. The van der Waals surface area contributed by atoms with Gasteiger partial charge in [-0.1, -0.05) is 68.4 Å². The summed E-state index contributed by atoms with van der Waals surface area (Å²) < 4.78 is 0. The molecule has 2 rings (SSSR count). The van der Waals surface area contributed by atoms with Crippen LogP contribution in [0.1, 0.15) is 49.3 Å². The lowest BCUT2D eigenvalue weighted by Gasteiger charge is -2.08. The van der Waals surface area contributed by atoms with Crippen molar-refractivity contribution in [3.8, 4) is 0 Å². The Bertz CT molecular complexity index is 622. The van der Waals surface area contributed by atoms with Crippen molar-refractivity contribution in [3.05, 3.63) is 71.3 Å². The molecule has 0 heterocycles. The van der Waals surface area contributed by atoms with Crippen molar-refractivity contribution in [2.24, 2.45) is 0 Å². The molecule has 0 aliphatic carbocycles. The van der Waals surface area contributed by atoms with E-state index in [9.17, 15) is 4.79 Å². The largest absolute Gasteiger partial charge is 0.356 e. The first kappa shape index (κ1) is 19.6. The second kappa shape index (κ2) is 11.0. The van der Waals surface area contributed by atoms with Gasteiger partial charge < -0.3 is 5.32 Å². The van der Waals surface area contributed by atoms with E-state index in [2.05, 4.69) is 67.7 Å². The van der Waals surface area contributed by atoms with Gasteiger partial charge in [0.2, 0.25) is 5.91 Å². The van der Waals surface area contributed by atoms with E-state index >= 15 is 0 Å². The summed E-state index contributed by atoms with van der Waals surface area (Å²) in [6, 6.07) is 19.2. The van der Waals surface area contributed by atoms with Gasteiger partial charge in [-0.05, 0) is 35.4 Å². The number of benzene rings is 2. The first-order chi connectivity index (χ1) is 12.1. The Labute approximate surface area is 156 Å². The molecule has 0 unspecified atom stereocenters. The summed E-state index contributed by atoms with van der Waals surface area (Å²) >= 11 is 1.81. The van der Waals surface area contributed by atoms with E-state index in [1.807, 2.05) is 17.8 Å². The second-order valence-electron chi connectivity index (χ2n) is 6.64. The van der Waals surface area contributed by atoms with Crippen LogP contribution in [0.2, 0.25) is 0 Å². The maximum atomic E-state index is 11.9. The first-order valence-electron chi connectivity index (χ1n) is 9.12. The van der Waals surface area contributed by atoms with E-state index in [1.54, 1.807) is 0 Å². The predicted octanol–water partition coefficient (Wildman–Crippen LogP) is 5.18. The highest BCUT2D eigenvalue weighted by Crippen LogP contribution is 2.15. The molecule has 0 bridgehead atoms. The van der Waals surface area contributed by atoms with Crippen LogP contribution in [-0.4, -0.2) is 18.2 Å². The van der Waals surface area contributed by atoms with Crippen LogP contribution < -0.4 is 5.32 Å². The Balaban J connectivity index is 1.53. The fourth-order valence-corrected chi connectivity index (χ4v) is 3.51. The van der Waals surface area contributed by atoms with E-state index in [4.69, 9.17) is 0 Å². The normalized spacial score (nSPS) is 10.8. The average Bonchev–Trinajstić information content (AvgIpc) is 2.63.